The van der Waals surface area contributed by atoms with Crippen molar-refractivity contribution < 1.29 is 9.21 Å². The summed E-state index contributed by atoms with van der Waals surface area (Å²) < 4.78 is 5.44. The maximum atomic E-state index is 10.7. The molecule has 0 aliphatic heterocycles. The van der Waals surface area contributed by atoms with Crippen LogP contribution in [0, 0.1) is 13.8 Å². The summed E-state index contributed by atoms with van der Waals surface area (Å²) in [6, 6.07) is 5.67. The van der Waals surface area contributed by atoms with E-state index in [1.165, 1.54) is 0 Å². The van der Waals surface area contributed by atoms with Gasteiger partial charge in [0.05, 0.1) is 5.56 Å². The van der Waals surface area contributed by atoms with Gasteiger partial charge in [0.1, 0.15) is 11.3 Å². The van der Waals surface area contributed by atoms with Crippen molar-refractivity contribution in [1.82, 2.24) is 0 Å². The van der Waals surface area contributed by atoms with E-state index in [1.54, 1.807) is 6.07 Å². The molecule has 0 atom stereocenters. The predicted octanol–water partition coefficient (Wildman–Crippen LogP) is 2.86. The minimum Gasteiger partial charge on any atom is -0.461 e. The Hall–Kier alpha value is -1.57. The molecule has 0 fully saturated rings. The van der Waals surface area contributed by atoms with Crippen molar-refractivity contribution in [1.29, 1.82) is 0 Å². The molecule has 2 rings (SSSR count). The van der Waals surface area contributed by atoms with Crippen molar-refractivity contribution in [3.63, 3.8) is 0 Å². The van der Waals surface area contributed by atoms with Crippen LogP contribution in [0.2, 0.25) is 0 Å². The van der Waals surface area contributed by atoms with Gasteiger partial charge in [0, 0.05) is 5.39 Å². The molecule has 0 spiro atoms. The third-order valence-electron chi connectivity index (χ3n) is 2.18. The van der Waals surface area contributed by atoms with Crippen LogP contribution in [0.15, 0.2) is 22.6 Å². The first-order valence-corrected chi connectivity index (χ1v) is 4.17. The number of rotatable bonds is 1. The quantitative estimate of drug-likeness (QED) is 0.622. The van der Waals surface area contributed by atoms with Gasteiger partial charge in [-0.2, -0.15) is 0 Å². The lowest BCUT2D eigenvalue weighted by atomic mass is 10.1. The molecular formula is C11H10O2. The molecule has 1 aromatic carbocycles. The van der Waals surface area contributed by atoms with Gasteiger partial charge in [0.25, 0.3) is 0 Å². The van der Waals surface area contributed by atoms with Crippen LogP contribution in [-0.4, -0.2) is 6.29 Å². The fraction of sp³-hybridized carbons (Fsp3) is 0.182. The van der Waals surface area contributed by atoms with E-state index >= 15 is 0 Å². The number of benzene rings is 1. The molecule has 1 aromatic heterocycles. The van der Waals surface area contributed by atoms with Gasteiger partial charge in [0.2, 0.25) is 0 Å². The first kappa shape index (κ1) is 8.05. The van der Waals surface area contributed by atoms with E-state index in [0.29, 0.717) is 11.1 Å². The summed E-state index contributed by atoms with van der Waals surface area (Å²) in [4.78, 5) is 10.7. The topological polar surface area (TPSA) is 30.2 Å². The fourth-order valence-electron chi connectivity index (χ4n) is 1.49. The molecule has 66 valence electrons. The number of carbonyl (C=O) groups is 1. The van der Waals surface area contributed by atoms with Crippen molar-refractivity contribution in [2.75, 3.05) is 0 Å². The van der Waals surface area contributed by atoms with Crippen LogP contribution in [0.5, 0.6) is 0 Å². The van der Waals surface area contributed by atoms with Gasteiger partial charge in [-0.05, 0) is 31.5 Å². The van der Waals surface area contributed by atoms with Crippen LogP contribution in [0.25, 0.3) is 11.0 Å². The summed E-state index contributed by atoms with van der Waals surface area (Å²) in [5.74, 6) is 0.840. The molecule has 0 N–H and O–H groups in total. The maximum absolute atomic E-state index is 10.7. The van der Waals surface area contributed by atoms with Crippen LogP contribution in [0.3, 0.4) is 0 Å². The van der Waals surface area contributed by atoms with Gasteiger partial charge in [-0.3, -0.25) is 4.79 Å². The van der Waals surface area contributed by atoms with Crippen molar-refractivity contribution in [3.05, 3.63) is 35.1 Å². The number of furan rings is 1. The van der Waals surface area contributed by atoms with Crippen LogP contribution < -0.4 is 0 Å². The summed E-state index contributed by atoms with van der Waals surface area (Å²) >= 11 is 0. The van der Waals surface area contributed by atoms with E-state index in [2.05, 4.69) is 0 Å². The molecule has 1 heterocycles. The highest BCUT2D eigenvalue weighted by molar-refractivity contribution is 5.96. The molecule has 0 radical (unpaired) electrons. The van der Waals surface area contributed by atoms with Crippen LogP contribution in [-0.2, 0) is 0 Å². The normalized spacial score (nSPS) is 10.6. The lowest BCUT2D eigenvalue weighted by molar-refractivity contribution is 0.112. The second-order valence-corrected chi connectivity index (χ2v) is 3.19. The molecule has 13 heavy (non-hydrogen) atoms. The second kappa shape index (κ2) is 2.73. The summed E-state index contributed by atoms with van der Waals surface area (Å²) in [6.07, 6.45) is 0.824. The molecule has 0 aliphatic rings. The molecule has 0 unspecified atom stereocenters. The highest BCUT2D eigenvalue weighted by Crippen LogP contribution is 2.24. The zero-order valence-electron chi connectivity index (χ0n) is 7.63. The zero-order valence-corrected chi connectivity index (χ0v) is 7.63. The van der Waals surface area contributed by atoms with Crippen LogP contribution >= 0.6 is 0 Å². The van der Waals surface area contributed by atoms with E-state index in [-0.39, 0.29) is 0 Å². The van der Waals surface area contributed by atoms with Crippen molar-refractivity contribution in [2.45, 2.75) is 13.8 Å². The largest absolute Gasteiger partial charge is 0.461 e. The minimum atomic E-state index is 0.619. The van der Waals surface area contributed by atoms with Gasteiger partial charge in [-0.25, -0.2) is 0 Å². The highest BCUT2D eigenvalue weighted by Gasteiger charge is 2.07. The van der Waals surface area contributed by atoms with E-state index in [9.17, 15) is 4.79 Å². The fourth-order valence-corrected chi connectivity index (χ4v) is 1.49. The summed E-state index contributed by atoms with van der Waals surface area (Å²) in [5.41, 5.74) is 2.46. The van der Waals surface area contributed by atoms with E-state index in [1.807, 2.05) is 26.0 Å². The minimum absolute atomic E-state index is 0.619. The van der Waals surface area contributed by atoms with Crippen molar-refractivity contribution >= 4 is 17.3 Å². The Morgan fingerprint density at radius 3 is 2.77 bits per heavy atom. The predicted molar refractivity (Wildman–Crippen MR) is 51.1 cm³/mol. The lowest BCUT2D eigenvalue weighted by Gasteiger charge is -1.95. The Bertz CT molecular complexity index is 466. The van der Waals surface area contributed by atoms with Crippen LogP contribution in [0.1, 0.15) is 21.7 Å². The summed E-state index contributed by atoms with van der Waals surface area (Å²) in [6.45, 7) is 3.89. The maximum Gasteiger partial charge on any atom is 0.153 e. The molecule has 0 saturated carbocycles. The Balaban J connectivity index is 2.91. The molecule has 2 nitrogen and oxygen atoms in total. The summed E-state index contributed by atoms with van der Waals surface area (Å²) in [7, 11) is 0. The van der Waals surface area contributed by atoms with E-state index < -0.39 is 0 Å². The molecule has 0 bridgehead atoms. The number of carbonyl (C=O) groups excluding carboxylic acids is 1. The number of hydrogen-bond donors (Lipinski definition) is 0. The first-order valence-electron chi connectivity index (χ1n) is 4.17. The molecule has 0 aliphatic carbocycles. The molecular weight excluding hydrogens is 164 g/mol. The number of hydrogen-bond acceptors (Lipinski definition) is 2. The number of aldehydes is 1. The Morgan fingerprint density at radius 1 is 1.31 bits per heavy atom. The Kier molecular flexibility index (Phi) is 1.69. The van der Waals surface area contributed by atoms with Crippen molar-refractivity contribution in [2.24, 2.45) is 0 Å². The third kappa shape index (κ3) is 1.15. The molecule has 2 heteroatoms. The van der Waals surface area contributed by atoms with Gasteiger partial charge in [-0.1, -0.05) is 6.07 Å². The smallest absolute Gasteiger partial charge is 0.153 e. The van der Waals surface area contributed by atoms with Gasteiger partial charge in [-0.15, -0.1) is 0 Å². The number of fused-ring (bicyclic) bond motifs is 1. The average molecular weight is 174 g/mol. The van der Waals surface area contributed by atoms with E-state index in [4.69, 9.17) is 4.42 Å². The SMILES string of the molecule is Cc1cc2c(C)ccc(C=O)c2o1. The molecule has 0 saturated heterocycles. The monoisotopic (exact) mass is 174 g/mol. The lowest BCUT2D eigenvalue weighted by Crippen LogP contribution is -1.81. The van der Waals surface area contributed by atoms with Gasteiger partial charge < -0.3 is 4.42 Å². The Labute approximate surface area is 76.2 Å². The first-order chi connectivity index (χ1) is 6.22. The van der Waals surface area contributed by atoms with Crippen molar-refractivity contribution in [3.8, 4) is 0 Å². The second-order valence-electron chi connectivity index (χ2n) is 3.19. The molecule has 2 aromatic rings. The van der Waals surface area contributed by atoms with Gasteiger partial charge >= 0.3 is 0 Å². The standard InChI is InChI=1S/C11H10O2/c1-7-3-4-9(6-12)11-10(7)5-8(2)13-11/h3-6H,1-2H3. The average Bonchev–Trinajstić information content (AvgIpc) is 2.48. The van der Waals surface area contributed by atoms with Gasteiger partial charge in [0.15, 0.2) is 6.29 Å². The zero-order chi connectivity index (χ0) is 9.42. The van der Waals surface area contributed by atoms with E-state index in [0.717, 1.165) is 23.0 Å². The van der Waals surface area contributed by atoms with Crippen LogP contribution in [0.4, 0.5) is 0 Å². The third-order valence-corrected chi connectivity index (χ3v) is 2.18. The molecule has 0 amide bonds. The summed E-state index contributed by atoms with van der Waals surface area (Å²) in [5, 5.41) is 1.03. The highest BCUT2D eigenvalue weighted by atomic mass is 16.3. The Morgan fingerprint density at radius 2 is 2.08 bits per heavy atom. The number of aryl methyl sites for hydroxylation is 2.